The van der Waals surface area contributed by atoms with E-state index in [-0.39, 0.29) is 36.4 Å². The molecular weight excluding hydrogens is 589 g/mol. The van der Waals surface area contributed by atoms with Crippen molar-refractivity contribution in [2.45, 2.75) is 24.8 Å². The molecule has 222 valence electrons. The second kappa shape index (κ2) is 12.6. The van der Waals surface area contributed by atoms with Gasteiger partial charge in [0.15, 0.2) is 11.6 Å². The van der Waals surface area contributed by atoms with Crippen LogP contribution in [0.4, 0.5) is 9.18 Å². The molecule has 0 bridgehead atoms. The van der Waals surface area contributed by atoms with E-state index in [4.69, 9.17) is 25.6 Å². The molecule has 1 aliphatic carbocycles. The number of nitrogens with one attached hydrogen (secondary N) is 1. The third-order valence-electron chi connectivity index (χ3n) is 7.21. The third-order valence-corrected chi connectivity index (χ3v) is 7.46. The van der Waals surface area contributed by atoms with E-state index in [9.17, 15) is 19.1 Å². The van der Waals surface area contributed by atoms with Crippen LogP contribution in [0.3, 0.4) is 0 Å². The number of aromatic nitrogens is 2. The van der Waals surface area contributed by atoms with Gasteiger partial charge in [0.1, 0.15) is 12.4 Å². The van der Waals surface area contributed by atoms with Crippen molar-refractivity contribution in [2.75, 3.05) is 6.61 Å². The van der Waals surface area contributed by atoms with Gasteiger partial charge >= 0.3 is 12.1 Å². The maximum absolute atomic E-state index is 14.8. The summed E-state index contributed by atoms with van der Waals surface area (Å²) < 4.78 is 31.2. The summed E-state index contributed by atoms with van der Waals surface area (Å²) in [7, 11) is 0. The number of amides is 1. The Labute approximate surface area is 256 Å². The van der Waals surface area contributed by atoms with Gasteiger partial charge < -0.3 is 24.4 Å². The van der Waals surface area contributed by atoms with Crippen LogP contribution in [0.15, 0.2) is 95.5 Å². The zero-order chi connectivity index (χ0) is 30.6. The van der Waals surface area contributed by atoms with Gasteiger partial charge in [-0.1, -0.05) is 65.3 Å². The number of carbonyl (C=O) groups excluding carboxylic acids is 1. The minimum Gasteiger partial charge on any atom is -0.481 e. The van der Waals surface area contributed by atoms with Gasteiger partial charge in [-0.15, -0.1) is 0 Å². The third kappa shape index (κ3) is 6.40. The van der Waals surface area contributed by atoms with E-state index in [0.29, 0.717) is 16.3 Å². The summed E-state index contributed by atoms with van der Waals surface area (Å²) in [5, 5.41) is 16.5. The Balaban J connectivity index is 1.09. The first-order valence-electron chi connectivity index (χ1n) is 13.7. The van der Waals surface area contributed by atoms with Crippen LogP contribution in [-0.2, 0) is 16.0 Å². The molecule has 0 fully saturated rings. The van der Waals surface area contributed by atoms with Gasteiger partial charge in [-0.05, 0) is 64.7 Å². The number of alkyl carbamates (subject to hydrolysis) is 1. The van der Waals surface area contributed by atoms with Crippen molar-refractivity contribution in [3.05, 3.63) is 119 Å². The first kappa shape index (κ1) is 28.9. The highest BCUT2D eigenvalue weighted by Gasteiger charge is 2.29. The second-order valence-corrected chi connectivity index (χ2v) is 10.6. The zero-order valence-electron chi connectivity index (χ0n) is 23.1. The van der Waals surface area contributed by atoms with Crippen molar-refractivity contribution in [1.29, 1.82) is 0 Å². The lowest BCUT2D eigenvalue weighted by molar-refractivity contribution is -0.137. The van der Waals surface area contributed by atoms with Crippen molar-refractivity contribution >= 4 is 23.7 Å². The highest BCUT2D eigenvalue weighted by molar-refractivity contribution is 6.30. The Bertz CT molecular complexity index is 1780. The van der Waals surface area contributed by atoms with E-state index < -0.39 is 30.3 Å². The molecule has 11 heteroatoms. The predicted octanol–water partition coefficient (Wildman–Crippen LogP) is 7.25. The molecule has 1 aliphatic rings. The number of halogens is 2. The van der Waals surface area contributed by atoms with Crippen LogP contribution in [0.25, 0.3) is 22.5 Å². The number of fused-ring (bicyclic) bond motifs is 3. The SMILES string of the molecule is O=C(O)CC(Cc1nc(-c2ccc(Oc3ccc(Cl)cc3)c(F)c2)no1)NC(=O)OCC1c2ccccc2-c2ccccc21. The molecule has 5 aromatic rings. The topological polar surface area (TPSA) is 124 Å². The molecule has 1 atom stereocenters. The standard InChI is InChI=1S/C33H25ClFN3O6/c34-20-10-12-22(13-11-20)43-29-14-9-19(15-28(29)35)32-37-30(44-38-32)16-21(17-31(39)40)36-33(41)42-18-27-25-7-3-1-5-23(25)24-6-2-4-8-26(24)27/h1-15,21,27H,16-18H2,(H,36,41)(H,39,40). The molecule has 0 saturated carbocycles. The maximum Gasteiger partial charge on any atom is 0.407 e. The number of rotatable bonds is 10. The van der Waals surface area contributed by atoms with Crippen LogP contribution < -0.4 is 10.1 Å². The molecule has 0 aliphatic heterocycles. The Kier molecular flexibility index (Phi) is 8.25. The van der Waals surface area contributed by atoms with E-state index in [1.807, 2.05) is 48.5 Å². The fraction of sp³-hybridized carbons (Fsp3) is 0.152. The van der Waals surface area contributed by atoms with Gasteiger partial charge in [0.05, 0.1) is 12.5 Å². The summed E-state index contributed by atoms with van der Waals surface area (Å²) in [5.41, 5.74) is 4.62. The fourth-order valence-electron chi connectivity index (χ4n) is 5.21. The normalized spacial score (nSPS) is 12.7. The van der Waals surface area contributed by atoms with E-state index in [2.05, 4.69) is 15.5 Å². The van der Waals surface area contributed by atoms with Gasteiger partial charge in [0, 0.05) is 22.9 Å². The number of hydrogen-bond acceptors (Lipinski definition) is 7. The van der Waals surface area contributed by atoms with Gasteiger partial charge in [-0.3, -0.25) is 4.79 Å². The highest BCUT2D eigenvalue weighted by atomic mass is 35.5. The Morgan fingerprint density at radius 3 is 2.32 bits per heavy atom. The van der Waals surface area contributed by atoms with Crippen LogP contribution in [-0.4, -0.2) is 40.0 Å². The zero-order valence-corrected chi connectivity index (χ0v) is 23.8. The fourth-order valence-corrected chi connectivity index (χ4v) is 5.34. The molecule has 0 radical (unpaired) electrons. The second-order valence-electron chi connectivity index (χ2n) is 10.2. The molecule has 1 aromatic heterocycles. The van der Waals surface area contributed by atoms with Crippen LogP contribution in [0.1, 0.15) is 29.4 Å². The minimum absolute atomic E-state index is 0.00592. The van der Waals surface area contributed by atoms with Crippen molar-refractivity contribution in [3.63, 3.8) is 0 Å². The Morgan fingerprint density at radius 2 is 1.66 bits per heavy atom. The summed E-state index contributed by atoms with van der Waals surface area (Å²) in [5.74, 6) is -1.37. The summed E-state index contributed by atoms with van der Waals surface area (Å²) in [6, 6.07) is 25.7. The summed E-state index contributed by atoms with van der Waals surface area (Å²) in [6.45, 7) is 0.0770. The molecule has 0 saturated heterocycles. The molecule has 6 rings (SSSR count). The number of aliphatic carboxylic acids is 1. The van der Waals surface area contributed by atoms with E-state index in [0.717, 1.165) is 22.3 Å². The number of carboxylic acids is 1. The summed E-state index contributed by atoms with van der Waals surface area (Å²) in [6.07, 6.45) is -1.26. The molecule has 9 nitrogen and oxygen atoms in total. The molecule has 2 N–H and O–H groups in total. The number of benzene rings is 4. The van der Waals surface area contributed by atoms with Crippen LogP contribution >= 0.6 is 11.6 Å². The quantitative estimate of drug-likeness (QED) is 0.169. The van der Waals surface area contributed by atoms with E-state index >= 15 is 0 Å². The number of hydrogen-bond donors (Lipinski definition) is 2. The molecule has 44 heavy (non-hydrogen) atoms. The van der Waals surface area contributed by atoms with E-state index in [1.54, 1.807) is 30.3 Å². The molecule has 1 amide bonds. The average molecular weight is 614 g/mol. The van der Waals surface area contributed by atoms with E-state index in [1.165, 1.54) is 12.1 Å². The lowest BCUT2D eigenvalue weighted by Gasteiger charge is -2.18. The lowest BCUT2D eigenvalue weighted by atomic mass is 9.98. The average Bonchev–Trinajstić information content (AvgIpc) is 3.60. The molecule has 1 unspecified atom stereocenters. The smallest absolute Gasteiger partial charge is 0.407 e. The van der Waals surface area contributed by atoms with Gasteiger partial charge in [-0.25, -0.2) is 9.18 Å². The number of carboxylic acid groups (broad SMARTS) is 1. The van der Waals surface area contributed by atoms with Gasteiger partial charge in [0.25, 0.3) is 0 Å². The number of carbonyl (C=O) groups is 2. The first-order valence-corrected chi connectivity index (χ1v) is 14.1. The summed E-state index contributed by atoms with van der Waals surface area (Å²) in [4.78, 5) is 28.6. The molecule has 4 aromatic carbocycles. The highest BCUT2D eigenvalue weighted by Crippen LogP contribution is 2.44. The molecular formula is C33H25ClFN3O6. The van der Waals surface area contributed by atoms with Crippen molar-refractivity contribution in [2.24, 2.45) is 0 Å². The van der Waals surface area contributed by atoms with Gasteiger partial charge in [-0.2, -0.15) is 4.98 Å². The van der Waals surface area contributed by atoms with Crippen molar-refractivity contribution in [1.82, 2.24) is 15.5 Å². The lowest BCUT2D eigenvalue weighted by Crippen LogP contribution is -2.39. The number of ether oxygens (including phenoxy) is 2. The monoisotopic (exact) mass is 613 g/mol. The van der Waals surface area contributed by atoms with Crippen LogP contribution in [0.2, 0.25) is 5.02 Å². The van der Waals surface area contributed by atoms with Crippen molar-refractivity contribution < 1.29 is 33.1 Å². The minimum atomic E-state index is -1.13. The number of nitrogens with zero attached hydrogens (tertiary/aromatic N) is 2. The van der Waals surface area contributed by atoms with Crippen LogP contribution in [0.5, 0.6) is 11.5 Å². The van der Waals surface area contributed by atoms with Crippen LogP contribution in [0, 0.1) is 5.82 Å². The predicted molar refractivity (Wildman–Crippen MR) is 159 cm³/mol. The largest absolute Gasteiger partial charge is 0.481 e. The summed E-state index contributed by atoms with van der Waals surface area (Å²) >= 11 is 5.88. The Morgan fingerprint density at radius 1 is 0.977 bits per heavy atom. The molecule has 0 spiro atoms. The maximum atomic E-state index is 14.8. The first-order chi connectivity index (χ1) is 21.3. The Hall–Kier alpha value is -5.22. The van der Waals surface area contributed by atoms with Gasteiger partial charge in [0.2, 0.25) is 11.7 Å². The molecule has 1 heterocycles. The van der Waals surface area contributed by atoms with Crippen molar-refractivity contribution in [3.8, 4) is 34.0 Å².